The molecule has 1 saturated heterocycles. The summed E-state index contributed by atoms with van der Waals surface area (Å²) in [5.41, 5.74) is 3.09. The van der Waals surface area contributed by atoms with Crippen LogP contribution in [0.1, 0.15) is 33.7 Å². The van der Waals surface area contributed by atoms with Gasteiger partial charge in [0.15, 0.2) is 9.84 Å². The number of aryl methyl sites for hydroxylation is 1. The van der Waals surface area contributed by atoms with Gasteiger partial charge in [0, 0.05) is 11.7 Å². The number of nitrogens with one attached hydrogen (secondary N) is 1. The second kappa shape index (κ2) is 6.39. The zero-order chi connectivity index (χ0) is 17.3. The number of sulfone groups is 1. The Morgan fingerprint density at radius 2 is 2.00 bits per heavy atom. The second-order valence-corrected chi connectivity index (χ2v) is 8.49. The van der Waals surface area contributed by atoms with Crippen LogP contribution in [0.2, 0.25) is 0 Å². The third-order valence-electron chi connectivity index (χ3n) is 4.35. The van der Waals surface area contributed by atoms with Crippen molar-refractivity contribution in [2.24, 2.45) is 0 Å². The first kappa shape index (κ1) is 16.7. The fourth-order valence-electron chi connectivity index (χ4n) is 3.10. The van der Waals surface area contributed by atoms with E-state index in [9.17, 15) is 13.2 Å². The molecule has 1 N–H and O–H groups in total. The highest BCUT2D eigenvalue weighted by Crippen LogP contribution is 2.17. The number of hydrogen-bond donors (Lipinski definition) is 1. The third kappa shape index (κ3) is 3.51. The molecule has 1 aromatic heterocycles. The smallest absolute Gasteiger partial charge is 0.255 e. The molecular formula is C17H21N3O3S. The van der Waals surface area contributed by atoms with E-state index in [2.05, 4.69) is 10.4 Å². The molecule has 128 valence electrons. The topological polar surface area (TPSA) is 81.1 Å². The van der Waals surface area contributed by atoms with E-state index in [1.54, 1.807) is 6.92 Å². The lowest BCUT2D eigenvalue weighted by Gasteiger charge is -2.11. The van der Waals surface area contributed by atoms with E-state index in [1.807, 2.05) is 41.9 Å². The van der Waals surface area contributed by atoms with Gasteiger partial charge in [0.2, 0.25) is 0 Å². The van der Waals surface area contributed by atoms with Gasteiger partial charge in [-0.05, 0) is 25.8 Å². The number of amides is 1. The highest BCUT2D eigenvalue weighted by Gasteiger charge is 2.30. The molecule has 0 saturated carbocycles. The minimum absolute atomic E-state index is 0.0228. The first-order chi connectivity index (χ1) is 11.4. The molecule has 7 heteroatoms. The maximum absolute atomic E-state index is 12.6. The van der Waals surface area contributed by atoms with E-state index >= 15 is 0 Å². The van der Waals surface area contributed by atoms with Crippen molar-refractivity contribution < 1.29 is 13.2 Å². The summed E-state index contributed by atoms with van der Waals surface area (Å²) in [7, 11) is -3.01. The van der Waals surface area contributed by atoms with E-state index in [0.29, 0.717) is 24.2 Å². The van der Waals surface area contributed by atoms with Crippen molar-refractivity contribution in [3.63, 3.8) is 0 Å². The normalized spacial score (nSPS) is 19.3. The van der Waals surface area contributed by atoms with Crippen molar-refractivity contribution in [2.45, 2.75) is 32.9 Å². The van der Waals surface area contributed by atoms with Crippen molar-refractivity contribution in [1.29, 1.82) is 0 Å². The Labute approximate surface area is 141 Å². The molecular weight excluding hydrogens is 326 g/mol. The molecule has 2 aromatic rings. The molecule has 0 radical (unpaired) electrons. The minimum atomic E-state index is -3.01. The van der Waals surface area contributed by atoms with Gasteiger partial charge < -0.3 is 5.32 Å². The van der Waals surface area contributed by atoms with Gasteiger partial charge in [0.1, 0.15) is 0 Å². The summed E-state index contributed by atoms with van der Waals surface area (Å²) < 4.78 is 24.9. The predicted octanol–water partition coefficient (Wildman–Crippen LogP) is 1.47. The average Bonchev–Trinajstić information content (AvgIpc) is 2.99. The molecule has 1 atom stereocenters. The standard InChI is InChI=1S/C17H21N3O3S/c1-12-16(17(21)18-15-8-9-24(22,23)11-15)13(2)20(19-12)10-14-6-4-3-5-7-14/h3-7,15H,8-11H2,1-2H3,(H,18,21). The second-order valence-electron chi connectivity index (χ2n) is 6.26. The van der Waals surface area contributed by atoms with Crippen molar-refractivity contribution >= 4 is 15.7 Å². The summed E-state index contributed by atoms with van der Waals surface area (Å²) in [5.74, 6) is -0.0792. The Kier molecular flexibility index (Phi) is 4.45. The highest BCUT2D eigenvalue weighted by molar-refractivity contribution is 7.91. The maximum Gasteiger partial charge on any atom is 0.255 e. The monoisotopic (exact) mass is 347 g/mol. The van der Waals surface area contributed by atoms with E-state index in [4.69, 9.17) is 0 Å². The SMILES string of the molecule is Cc1nn(Cc2ccccc2)c(C)c1C(=O)NC1CCS(=O)(=O)C1. The van der Waals surface area contributed by atoms with Crippen LogP contribution in [-0.4, -0.2) is 41.7 Å². The summed E-state index contributed by atoms with van der Waals surface area (Å²) >= 11 is 0. The Morgan fingerprint density at radius 1 is 1.29 bits per heavy atom. The minimum Gasteiger partial charge on any atom is -0.348 e. The molecule has 6 nitrogen and oxygen atoms in total. The van der Waals surface area contributed by atoms with Crippen LogP contribution in [0.25, 0.3) is 0 Å². The van der Waals surface area contributed by atoms with Gasteiger partial charge in [-0.2, -0.15) is 5.10 Å². The Hall–Kier alpha value is -2.15. The van der Waals surface area contributed by atoms with Crippen LogP contribution in [0.4, 0.5) is 0 Å². The van der Waals surface area contributed by atoms with Crippen LogP contribution in [0.15, 0.2) is 30.3 Å². The molecule has 0 aliphatic carbocycles. The first-order valence-corrected chi connectivity index (χ1v) is 9.77. The van der Waals surface area contributed by atoms with Crippen LogP contribution in [0.5, 0.6) is 0 Å². The van der Waals surface area contributed by atoms with Crippen LogP contribution in [0, 0.1) is 13.8 Å². The molecule has 1 aliphatic rings. The highest BCUT2D eigenvalue weighted by atomic mass is 32.2. The number of benzene rings is 1. The molecule has 1 aliphatic heterocycles. The van der Waals surface area contributed by atoms with Crippen LogP contribution < -0.4 is 5.32 Å². The molecule has 3 rings (SSSR count). The number of carbonyl (C=O) groups excluding carboxylic acids is 1. The van der Waals surface area contributed by atoms with E-state index in [1.165, 1.54) is 0 Å². The quantitative estimate of drug-likeness (QED) is 0.908. The lowest BCUT2D eigenvalue weighted by atomic mass is 10.1. The predicted molar refractivity (Wildman–Crippen MR) is 91.8 cm³/mol. The number of carbonyl (C=O) groups is 1. The fraction of sp³-hybridized carbons (Fsp3) is 0.412. The number of aromatic nitrogens is 2. The Morgan fingerprint density at radius 3 is 2.62 bits per heavy atom. The van der Waals surface area contributed by atoms with Gasteiger partial charge in [-0.15, -0.1) is 0 Å². The van der Waals surface area contributed by atoms with Crippen LogP contribution in [0.3, 0.4) is 0 Å². The Bertz CT molecular complexity index is 857. The summed E-state index contributed by atoms with van der Waals surface area (Å²) in [6.07, 6.45) is 0.477. The third-order valence-corrected chi connectivity index (χ3v) is 6.12. The molecule has 24 heavy (non-hydrogen) atoms. The molecule has 2 heterocycles. The zero-order valence-corrected chi connectivity index (χ0v) is 14.6. The first-order valence-electron chi connectivity index (χ1n) is 7.95. The summed E-state index contributed by atoms with van der Waals surface area (Å²) in [5, 5.41) is 7.31. The van der Waals surface area contributed by atoms with Gasteiger partial charge in [0.25, 0.3) is 5.91 Å². The van der Waals surface area contributed by atoms with Gasteiger partial charge >= 0.3 is 0 Å². The maximum atomic E-state index is 12.6. The number of hydrogen-bond acceptors (Lipinski definition) is 4. The van der Waals surface area contributed by atoms with Crippen molar-refractivity contribution in [1.82, 2.24) is 15.1 Å². The van der Waals surface area contributed by atoms with E-state index in [0.717, 1.165) is 11.3 Å². The van der Waals surface area contributed by atoms with Gasteiger partial charge in [-0.3, -0.25) is 9.48 Å². The Balaban J connectivity index is 1.77. The lowest BCUT2D eigenvalue weighted by Crippen LogP contribution is -2.36. The molecule has 1 fully saturated rings. The van der Waals surface area contributed by atoms with Crippen LogP contribution >= 0.6 is 0 Å². The zero-order valence-electron chi connectivity index (χ0n) is 13.8. The van der Waals surface area contributed by atoms with Crippen molar-refractivity contribution in [3.05, 3.63) is 52.8 Å². The molecule has 0 spiro atoms. The van der Waals surface area contributed by atoms with Crippen LogP contribution in [-0.2, 0) is 16.4 Å². The largest absolute Gasteiger partial charge is 0.348 e. The van der Waals surface area contributed by atoms with Gasteiger partial charge in [0.05, 0.1) is 29.3 Å². The molecule has 1 unspecified atom stereocenters. The van der Waals surface area contributed by atoms with E-state index < -0.39 is 9.84 Å². The summed E-state index contributed by atoms with van der Waals surface area (Å²) in [4.78, 5) is 12.6. The van der Waals surface area contributed by atoms with Gasteiger partial charge in [-0.1, -0.05) is 30.3 Å². The number of nitrogens with zero attached hydrogens (tertiary/aromatic N) is 2. The molecule has 1 amide bonds. The number of rotatable bonds is 4. The molecule has 1 aromatic carbocycles. The summed E-state index contributed by atoms with van der Waals surface area (Å²) in [6, 6.07) is 9.61. The van der Waals surface area contributed by atoms with E-state index in [-0.39, 0.29) is 23.5 Å². The van der Waals surface area contributed by atoms with Gasteiger partial charge in [-0.25, -0.2) is 8.42 Å². The lowest BCUT2D eigenvalue weighted by molar-refractivity contribution is 0.0940. The summed E-state index contributed by atoms with van der Waals surface area (Å²) in [6.45, 7) is 4.26. The fourth-order valence-corrected chi connectivity index (χ4v) is 4.78. The average molecular weight is 347 g/mol. The molecule has 0 bridgehead atoms. The van der Waals surface area contributed by atoms with Crippen molar-refractivity contribution in [2.75, 3.05) is 11.5 Å². The van der Waals surface area contributed by atoms with Crippen molar-refractivity contribution in [3.8, 4) is 0 Å².